The molecule has 9 heteroatoms. The third-order valence-electron chi connectivity index (χ3n) is 7.36. The van der Waals surface area contributed by atoms with Crippen molar-refractivity contribution in [1.29, 1.82) is 0 Å². The molecule has 0 atom stereocenters. The van der Waals surface area contributed by atoms with Gasteiger partial charge < -0.3 is 9.14 Å². The predicted molar refractivity (Wildman–Crippen MR) is 136 cm³/mol. The summed E-state index contributed by atoms with van der Waals surface area (Å²) >= 11 is 1.40. The average molecular weight is 517 g/mol. The van der Waals surface area contributed by atoms with Gasteiger partial charge in [-0.15, -0.1) is 0 Å². The van der Waals surface area contributed by atoms with E-state index in [1.807, 2.05) is 35.0 Å². The third-order valence-corrected chi connectivity index (χ3v) is 8.43. The molecule has 1 fully saturated rings. The molecule has 0 spiro atoms. The van der Waals surface area contributed by atoms with Gasteiger partial charge in [-0.1, -0.05) is 30.2 Å². The van der Waals surface area contributed by atoms with Crippen molar-refractivity contribution in [2.45, 2.75) is 70.8 Å². The van der Waals surface area contributed by atoms with E-state index < -0.39 is 12.5 Å². The predicted octanol–water partition coefficient (Wildman–Crippen LogP) is 5.58. The van der Waals surface area contributed by atoms with E-state index in [1.165, 1.54) is 24.2 Å². The van der Waals surface area contributed by atoms with Crippen LogP contribution in [0.4, 0.5) is 8.78 Å². The Morgan fingerprint density at radius 2 is 2.00 bits per heavy atom. The molecule has 6 nitrogen and oxygen atoms in total. The van der Waals surface area contributed by atoms with E-state index in [2.05, 4.69) is 14.9 Å². The van der Waals surface area contributed by atoms with Gasteiger partial charge in [0, 0.05) is 43.7 Å². The van der Waals surface area contributed by atoms with E-state index >= 15 is 0 Å². The molecule has 3 aromatic rings. The smallest absolute Gasteiger partial charge is 0.278 e. The van der Waals surface area contributed by atoms with E-state index in [1.54, 1.807) is 0 Å². The first kappa shape index (κ1) is 25.3. The average Bonchev–Trinajstić information content (AvgIpc) is 3.44. The van der Waals surface area contributed by atoms with Gasteiger partial charge in [0.25, 0.3) is 11.1 Å². The van der Waals surface area contributed by atoms with Crippen LogP contribution in [0.1, 0.15) is 61.7 Å². The van der Waals surface area contributed by atoms with Crippen LogP contribution in [0.15, 0.2) is 30.6 Å². The molecule has 0 bridgehead atoms. The normalized spacial score (nSPS) is 21.0. The first-order chi connectivity index (χ1) is 17.3. The highest BCUT2D eigenvalue weighted by Crippen LogP contribution is 2.34. The van der Waals surface area contributed by atoms with E-state index in [0.717, 1.165) is 74.2 Å². The van der Waals surface area contributed by atoms with Crippen LogP contribution in [0.2, 0.25) is 0 Å². The summed E-state index contributed by atoms with van der Waals surface area (Å²) in [5, 5.41) is 0.359. The van der Waals surface area contributed by atoms with Crippen LogP contribution in [-0.4, -0.2) is 50.7 Å². The lowest BCUT2D eigenvalue weighted by Crippen LogP contribution is -2.32. The number of carbonyl (C=O) groups excluding carboxylic acids is 1. The van der Waals surface area contributed by atoms with Crippen LogP contribution in [0, 0.1) is 11.8 Å². The number of imidazole rings is 1. The summed E-state index contributed by atoms with van der Waals surface area (Å²) in [6, 6.07) is 5.88. The highest BCUT2D eigenvalue weighted by atomic mass is 32.1. The number of ether oxygens (including phenoxy) is 1. The molecular formula is C27H34F2N4O2S. The lowest BCUT2D eigenvalue weighted by Gasteiger charge is -2.31. The molecule has 36 heavy (non-hydrogen) atoms. The van der Waals surface area contributed by atoms with Crippen molar-refractivity contribution in [2.75, 3.05) is 19.7 Å². The molecule has 2 aliphatic rings. The number of ketones is 1. The van der Waals surface area contributed by atoms with Crippen molar-refractivity contribution in [2.24, 2.45) is 11.8 Å². The SMILES string of the molecule is CC(F)(F)COc1nc2c(s1)CCN(CCC1CCC(CC(=O)Cc3cn4ccccc4n3)CC1)C2. The Labute approximate surface area is 214 Å². The zero-order valence-corrected chi connectivity index (χ0v) is 21.6. The molecule has 1 aliphatic carbocycles. The van der Waals surface area contributed by atoms with Gasteiger partial charge in [-0.05, 0) is 56.2 Å². The standard InChI is InChI=1S/C27H34F2N4O2S/c1-27(28,29)18-35-26-31-23-17-32(13-10-24(23)36-26)12-9-19-5-7-20(8-6-19)14-22(34)15-21-16-33-11-3-2-4-25(33)30-21/h2-4,11,16,19-20H,5-10,12-15,17-18H2,1H3. The Bertz CT molecular complexity index is 1150. The van der Waals surface area contributed by atoms with Gasteiger partial charge in [0.05, 0.1) is 17.8 Å². The van der Waals surface area contributed by atoms with Crippen LogP contribution in [0.25, 0.3) is 5.65 Å². The first-order valence-corrected chi connectivity index (χ1v) is 13.8. The second kappa shape index (κ2) is 10.9. The molecule has 0 amide bonds. The number of alkyl halides is 2. The van der Waals surface area contributed by atoms with Crippen molar-refractivity contribution in [3.8, 4) is 5.19 Å². The summed E-state index contributed by atoms with van der Waals surface area (Å²) < 4.78 is 33.3. The molecule has 1 aliphatic heterocycles. The highest BCUT2D eigenvalue weighted by molar-refractivity contribution is 7.13. The van der Waals surface area contributed by atoms with Gasteiger partial charge in [0.15, 0.2) is 6.61 Å². The second-order valence-corrected chi connectivity index (χ2v) is 11.6. The Balaban J connectivity index is 1.01. The van der Waals surface area contributed by atoms with Crippen molar-refractivity contribution >= 4 is 22.8 Å². The van der Waals surface area contributed by atoms with Crippen LogP contribution in [0.3, 0.4) is 0 Å². The number of hydrogen-bond donors (Lipinski definition) is 0. The number of fused-ring (bicyclic) bond motifs is 2. The fourth-order valence-corrected chi connectivity index (χ4v) is 6.33. The molecule has 0 aromatic carbocycles. The molecule has 194 valence electrons. The highest BCUT2D eigenvalue weighted by Gasteiger charge is 2.27. The molecule has 0 radical (unpaired) electrons. The molecule has 0 saturated heterocycles. The number of nitrogens with zero attached hydrogens (tertiary/aromatic N) is 4. The fraction of sp³-hybridized carbons (Fsp3) is 0.593. The largest absolute Gasteiger partial charge is 0.464 e. The maximum absolute atomic E-state index is 13.1. The van der Waals surface area contributed by atoms with E-state index in [0.29, 0.717) is 35.7 Å². The van der Waals surface area contributed by atoms with E-state index in [-0.39, 0.29) is 0 Å². The molecule has 0 unspecified atom stereocenters. The van der Waals surface area contributed by atoms with Gasteiger partial charge in [0.2, 0.25) is 0 Å². The molecule has 4 heterocycles. The number of hydrogen-bond acceptors (Lipinski definition) is 6. The fourth-order valence-electron chi connectivity index (χ4n) is 5.43. The van der Waals surface area contributed by atoms with Crippen molar-refractivity contribution < 1.29 is 18.3 Å². The number of Topliss-reactive ketones (excluding diaryl/α,β-unsaturated/α-hetero) is 1. The summed E-state index contributed by atoms with van der Waals surface area (Å²) in [6.07, 6.45) is 11.7. The molecule has 3 aromatic heterocycles. The van der Waals surface area contributed by atoms with Crippen LogP contribution in [-0.2, 0) is 24.2 Å². The van der Waals surface area contributed by atoms with Crippen molar-refractivity contribution in [3.63, 3.8) is 0 Å². The van der Waals surface area contributed by atoms with Gasteiger partial charge in [-0.2, -0.15) is 0 Å². The van der Waals surface area contributed by atoms with Gasteiger partial charge >= 0.3 is 0 Å². The summed E-state index contributed by atoms with van der Waals surface area (Å²) in [4.78, 5) is 25.3. The van der Waals surface area contributed by atoms with Gasteiger partial charge in [0.1, 0.15) is 11.4 Å². The van der Waals surface area contributed by atoms with Crippen molar-refractivity contribution in [1.82, 2.24) is 19.3 Å². The summed E-state index contributed by atoms with van der Waals surface area (Å²) in [6.45, 7) is 3.01. The topological polar surface area (TPSA) is 59.7 Å². The third kappa shape index (κ3) is 6.68. The minimum Gasteiger partial charge on any atom is -0.464 e. The Kier molecular flexibility index (Phi) is 7.67. The minimum atomic E-state index is -2.85. The number of rotatable bonds is 10. The van der Waals surface area contributed by atoms with E-state index in [9.17, 15) is 13.6 Å². The maximum atomic E-state index is 13.1. The second-order valence-electron chi connectivity index (χ2n) is 10.5. The summed E-state index contributed by atoms with van der Waals surface area (Å²) in [7, 11) is 0. The van der Waals surface area contributed by atoms with Crippen molar-refractivity contribution in [3.05, 3.63) is 46.9 Å². The zero-order chi connectivity index (χ0) is 25.1. The summed E-state index contributed by atoms with van der Waals surface area (Å²) in [5.74, 6) is -1.36. The maximum Gasteiger partial charge on any atom is 0.278 e. The van der Waals surface area contributed by atoms with Crippen LogP contribution >= 0.6 is 11.3 Å². The molecule has 0 N–H and O–H groups in total. The van der Waals surface area contributed by atoms with Gasteiger partial charge in [-0.25, -0.2) is 18.7 Å². The van der Waals surface area contributed by atoms with Crippen LogP contribution < -0.4 is 4.74 Å². The van der Waals surface area contributed by atoms with E-state index in [4.69, 9.17) is 4.74 Å². The number of aromatic nitrogens is 3. The molecule has 1 saturated carbocycles. The Morgan fingerprint density at radius 1 is 1.19 bits per heavy atom. The number of carbonyl (C=O) groups is 1. The molecular weight excluding hydrogens is 482 g/mol. The Hall–Kier alpha value is -2.39. The lowest BCUT2D eigenvalue weighted by molar-refractivity contribution is -0.119. The monoisotopic (exact) mass is 516 g/mol. The van der Waals surface area contributed by atoms with Crippen LogP contribution in [0.5, 0.6) is 5.19 Å². The quantitative estimate of drug-likeness (QED) is 0.352. The lowest BCUT2D eigenvalue weighted by atomic mass is 9.78. The number of halogens is 2. The number of pyridine rings is 1. The summed E-state index contributed by atoms with van der Waals surface area (Å²) in [5.41, 5.74) is 2.72. The zero-order valence-electron chi connectivity index (χ0n) is 20.8. The number of thiazole rings is 1. The first-order valence-electron chi connectivity index (χ1n) is 13.0. The Morgan fingerprint density at radius 3 is 2.78 bits per heavy atom. The minimum absolute atomic E-state index is 0.292. The van der Waals surface area contributed by atoms with Gasteiger partial charge in [-0.3, -0.25) is 9.69 Å². The molecule has 5 rings (SSSR count).